The van der Waals surface area contributed by atoms with Crippen molar-refractivity contribution >= 4 is 39.0 Å². The number of hydrogen-bond acceptors (Lipinski definition) is 3. The zero-order valence-electron chi connectivity index (χ0n) is 9.70. The molecule has 3 unspecified atom stereocenters. The molecule has 4 heteroatoms. The quantitative estimate of drug-likeness (QED) is 0.880. The van der Waals surface area contributed by atoms with Gasteiger partial charge in [0, 0.05) is 22.2 Å². The van der Waals surface area contributed by atoms with Gasteiger partial charge < -0.3 is 5.32 Å². The number of thioether (sulfide) groups is 1. The molecule has 1 nitrogen and oxygen atoms in total. The highest BCUT2D eigenvalue weighted by atomic mass is 79.9. The van der Waals surface area contributed by atoms with Gasteiger partial charge in [-0.05, 0) is 54.1 Å². The van der Waals surface area contributed by atoms with Gasteiger partial charge in [0.1, 0.15) is 0 Å². The lowest BCUT2D eigenvalue weighted by Crippen LogP contribution is -2.35. The number of rotatable bonds is 4. The van der Waals surface area contributed by atoms with Gasteiger partial charge in [0.05, 0.1) is 3.79 Å². The van der Waals surface area contributed by atoms with Crippen LogP contribution in [-0.4, -0.2) is 17.5 Å². The molecule has 2 rings (SSSR count). The molecule has 1 fully saturated rings. The standard InChI is InChI=1S/C12H18BrNS2/c1-8(10-6-7-12(13)16-10)14-9-4-3-5-11(9)15-2/h6-9,11,14H,3-5H2,1-2H3. The van der Waals surface area contributed by atoms with Gasteiger partial charge in [-0.1, -0.05) is 6.42 Å². The van der Waals surface area contributed by atoms with E-state index in [9.17, 15) is 0 Å². The highest BCUT2D eigenvalue weighted by Gasteiger charge is 2.27. The molecule has 1 heterocycles. The van der Waals surface area contributed by atoms with E-state index in [1.807, 2.05) is 23.1 Å². The molecule has 3 atom stereocenters. The Kier molecular flexibility index (Phi) is 4.76. The van der Waals surface area contributed by atoms with Crippen LogP contribution in [0.4, 0.5) is 0 Å². The first-order valence-electron chi connectivity index (χ1n) is 5.75. The lowest BCUT2D eigenvalue weighted by Gasteiger charge is -2.23. The summed E-state index contributed by atoms with van der Waals surface area (Å²) >= 11 is 7.38. The first-order chi connectivity index (χ1) is 7.70. The van der Waals surface area contributed by atoms with Crippen molar-refractivity contribution in [1.82, 2.24) is 5.32 Å². The van der Waals surface area contributed by atoms with Crippen molar-refractivity contribution in [2.24, 2.45) is 0 Å². The molecule has 1 saturated carbocycles. The topological polar surface area (TPSA) is 12.0 Å². The molecule has 0 bridgehead atoms. The van der Waals surface area contributed by atoms with Crippen LogP contribution in [0.15, 0.2) is 15.9 Å². The number of halogens is 1. The molecule has 16 heavy (non-hydrogen) atoms. The van der Waals surface area contributed by atoms with Gasteiger partial charge in [-0.3, -0.25) is 0 Å². The highest BCUT2D eigenvalue weighted by molar-refractivity contribution is 9.11. The molecule has 0 radical (unpaired) electrons. The minimum atomic E-state index is 0.481. The van der Waals surface area contributed by atoms with Crippen molar-refractivity contribution in [2.45, 2.75) is 43.5 Å². The van der Waals surface area contributed by atoms with E-state index in [-0.39, 0.29) is 0 Å². The van der Waals surface area contributed by atoms with E-state index in [1.54, 1.807) is 0 Å². The molecule has 0 spiro atoms. The van der Waals surface area contributed by atoms with Crippen molar-refractivity contribution in [3.8, 4) is 0 Å². The molecule has 1 N–H and O–H groups in total. The molecule has 1 aliphatic rings. The second-order valence-electron chi connectivity index (χ2n) is 4.34. The predicted octanol–water partition coefficient (Wildman–Crippen LogP) is 4.45. The van der Waals surface area contributed by atoms with E-state index in [1.165, 1.54) is 27.9 Å². The van der Waals surface area contributed by atoms with Crippen molar-refractivity contribution < 1.29 is 0 Å². The lowest BCUT2D eigenvalue weighted by atomic mass is 10.2. The smallest absolute Gasteiger partial charge is 0.0701 e. The maximum Gasteiger partial charge on any atom is 0.0701 e. The van der Waals surface area contributed by atoms with E-state index in [0.29, 0.717) is 12.1 Å². The molecule has 90 valence electrons. The summed E-state index contributed by atoms with van der Waals surface area (Å²) in [5, 5.41) is 4.59. The fourth-order valence-corrected chi connectivity index (χ4v) is 4.74. The Balaban J connectivity index is 1.94. The average molecular weight is 320 g/mol. The van der Waals surface area contributed by atoms with Crippen LogP contribution in [0.2, 0.25) is 0 Å². The Morgan fingerprint density at radius 2 is 2.31 bits per heavy atom. The van der Waals surface area contributed by atoms with Crippen molar-refractivity contribution in [2.75, 3.05) is 6.26 Å². The molecular formula is C12H18BrNS2. The van der Waals surface area contributed by atoms with E-state index < -0.39 is 0 Å². The van der Waals surface area contributed by atoms with Crippen LogP contribution in [0.5, 0.6) is 0 Å². The Morgan fingerprint density at radius 3 is 2.94 bits per heavy atom. The van der Waals surface area contributed by atoms with Crippen LogP contribution in [0.25, 0.3) is 0 Å². The van der Waals surface area contributed by atoms with Gasteiger partial charge in [-0.25, -0.2) is 0 Å². The third kappa shape index (κ3) is 3.03. The summed E-state index contributed by atoms with van der Waals surface area (Å²) in [6, 6.07) is 5.54. The summed E-state index contributed by atoms with van der Waals surface area (Å²) in [6.45, 7) is 2.27. The monoisotopic (exact) mass is 319 g/mol. The van der Waals surface area contributed by atoms with E-state index >= 15 is 0 Å². The van der Waals surface area contributed by atoms with Crippen LogP contribution in [0, 0.1) is 0 Å². The van der Waals surface area contributed by atoms with E-state index in [0.717, 1.165) is 5.25 Å². The summed E-state index contributed by atoms with van der Waals surface area (Å²) in [5.74, 6) is 0. The lowest BCUT2D eigenvalue weighted by molar-refractivity contribution is 0.472. The molecule has 0 amide bonds. The van der Waals surface area contributed by atoms with Crippen molar-refractivity contribution in [1.29, 1.82) is 0 Å². The maximum atomic E-state index is 3.78. The number of nitrogens with one attached hydrogen (secondary N) is 1. The van der Waals surface area contributed by atoms with Crippen LogP contribution in [-0.2, 0) is 0 Å². The second kappa shape index (κ2) is 5.89. The summed E-state index contributed by atoms with van der Waals surface area (Å²) < 4.78 is 1.23. The third-order valence-corrected chi connectivity index (χ3v) is 6.22. The Labute approximate surface area is 115 Å². The Morgan fingerprint density at radius 1 is 1.50 bits per heavy atom. The van der Waals surface area contributed by atoms with Gasteiger partial charge in [0.15, 0.2) is 0 Å². The van der Waals surface area contributed by atoms with Gasteiger partial charge in [-0.2, -0.15) is 11.8 Å². The molecule has 1 aromatic rings. The normalized spacial score (nSPS) is 27.2. The third-order valence-electron chi connectivity index (χ3n) is 3.24. The average Bonchev–Trinajstić information content (AvgIpc) is 2.86. The first kappa shape index (κ1) is 12.9. The van der Waals surface area contributed by atoms with Crippen molar-refractivity contribution in [3.63, 3.8) is 0 Å². The fraction of sp³-hybridized carbons (Fsp3) is 0.667. The molecule has 0 saturated heterocycles. The van der Waals surface area contributed by atoms with Crippen LogP contribution < -0.4 is 5.32 Å². The Hall–Kier alpha value is 0.490. The molecule has 1 aliphatic carbocycles. The maximum absolute atomic E-state index is 3.78. The zero-order valence-corrected chi connectivity index (χ0v) is 12.9. The van der Waals surface area contributed by atoms with Gasteiger partial charge >= 0.3 is 0 Å². The van der Waals surface area contributed by atoms with E-state index in [2.05, 4.69) is 46.6 Å². The van der Waals surface area contributed by atoms with Crippen molar-refractivity contribution in [3.05, 3.63) is 20.8 Å². The molecule has 0 aromatic carbocycles. The van der Waals surface area contributed by atoms with Gasteiger partial charge in [0.2, 0.25) is 0 Å². The summed E-state index contributed by atoms with van der Waals surface area (Å²) in [4.78, 5) is 1.43. The molecule has 0 aliphatic heterocycles. The van der Waals surface area contributed by atoms with Gasteiger partial charge in [0.25, 0.3) is 0 Å². The molecule has 1 aromatic heterocycles. The summed E-state index contributed by atoms with van der Waals surface area (Å²) in [6.07, 6.45) is 6.32. The van der Waals surface area contributed by atoms with Crippen LogP contribution in [0.1, 0.15) is 37.1 Å². The summed E-state index contributed by atoms with van der Waals surface area (Å²) in [7, 11) is 0. The first-order valence-corrected chi connectivity index (χ1v) is 8.64. The highest BCUT2D eigenvalue weighted by Crippen LogP contribution is 2.32. The zero-order chi connectivity index (χ0) is 11.5. The van der Waals surface area contributed by atoms with Crippen LogP contribution >= 0.6 is 39.0 Å². The number of thiophene rings is 1. The summed E-state index contributed by atoms with van der Waals surface area (Å²) in [5.41, 5.74) is 0. The minimum absolute atomic E-state index is 0.481. The predicted molar refractivity (Wildman–Crippen MR) is 78.5 cm³/mol. The van der Waals surface area contributed by atoms with Crippen LogP contribution in [0.3, 0.4) is 0 Å². The SMILES string of the molecule is CSC1CCCC1NC(C)c1ccc(Br)s1. The van der Waals surface area contributed by atoms with E-state index in [4.69, 9.17) is 0 Å². The largest absolute Gasteiger partial charge is 0.306 e. The Bertz CT molecular complexity index is 340. The second-order valence-corrected chi connectivity index (χ2v) is 7.91. The molecular weight excluding hydrogens is 302 g/mol. The number of hydrogen-bond donors (Lipinski definition) is 1. The fourth-order valence-electron chi connectivity index (χ4n) is 2.36. The minimum Gasteiger partial charge on any atom is -0.306 e. The van der Waals surface area contributed by atoms with Gasteiger partial charge in [-0.15, -0.1) is 11.3 Å².